The first-order valence-electron chi connectivity index (χ1n) is 11.9. The molecule has 0 radical (unpaired) electrons. The van der Waals surface area contributed by atoms with Crippen LogP contribution in [0, 0.1) is 22.7 Å². The maximum Gasteiger partial charge on any atom is 0.240 e. The molecule has 10 nitrogen and oxygen atoms in total. The number of nitrogens with zero attached hydrogens (tertiary/aromatic N) is 3. The number of carbonyl (C=O) groups is 3. The highest BCUT2D eigenvalue weighted by atomic mass is 32.2. The Hall–Kier alpha value is -2.84. The highest BCUT2D eigenvalue weighted by molar-refractivity contribution is 8.01. The summed E-state index contributed by atoms with van der Waals surface area (Å²) in [5.74, 6) is -0.905. The van der Waals surface area contributed by atoms with Crippen LogP contribution in [-0.4, -0.2) is 68.6 Å². The molecule has 2 heterocycles. The second-order valence-electron chi connectivity index (χ2n) is 9.85. The molecule has 35 heavy (non-hydrogen) atoms. The van der Waals surface area contributed by atoms with Crippen molar-refractivity contribution in [3.8, 4) is 6.07 Å². The van der Waals surface area contributed by atoms with E-state index in [1.807, 2.05) is 27.7 Å². The summed E-state index contributed by atoms with van der Waals surface area (Å²) in [7, 11) is 0. The molecular formula is C24H34N6O4S. The molecule has 0 aromatic carbocycles. The van der Waals surface area contributed by atoms with Crippen molar-refractivity contribution in [3.05, 3.63) is 18.2 Å². The number of hydrogen-bond donors (Lipinski definition) is 4. The number of carbonyl (C=O) groups excluding carboxylic acids is 3. The Bertz CT molecular complexity index is 991. The molecule has 1 aliphatic heterocycles. The van der Waals surface area contributed by atoms with Gasteiger partial charge in [-0.05, 0) is 38.3 Å². The first-order valence-corrected chi connectivity index (χ1v) is 12.9. The minimum Gasteiger partial charge on any atom is -0.391 e. The van der Waals surface area contributed by atoms with Gasteiger partial charge in [0.1, 0.15) is 22.3 Å². The number of thioether (sulfide) groups is 1. The van der Waals surface area contributed by atoms with Crippen molar-refractivity contribution >= 4 is 41.1 Å². The van der Waals surface area contributed by atoms with Crippen LogP contribution in [0.3, 0.4) is 0 Å². The third-order valence-corrected chi connectivity index (χ3v) is 7.67. The van der Waals surface area contributed by atoms with Crippen LogP contribution in [0.2, 0.25) is 0 Å². The molecule has 3 unspecified atom stereocenters. The lowest BCUT2D eigenvalue weighted by Gasteiger charge is -2.26. The molecule has 2 fully saturated rings. The molecule has 1 saturated carbocycles. The number of amides is 3. The molecule has 190 valence electrons. The molecule has 0 spiro atoms. The average Bonchev–Trinajstić information content (AvgIpc) is 3.34. The van der Waals surface area contributed by atoms with Crippen molar-refractivity contribution in [1.82, 2.24) is 15.2 Å². The highest BCUT2D eigenvalue weighted by Gasteiger charge is 2.46. The normalized spacial score (nSPS) is 25.1. The SMILES string of the molecule is CCN1C(=O)C(CNc2cccc(NC(=O)C(C)(C)C)n2)SC1C(C#N)C(=O)N[C@H]1CCC[C@@H]1O. The van der Waals surface area contributed by atoms with Gasteiger partial charge in [0.05, 0.1) is 18.2 Å². The lowest BCUT2D eigenvalue weighted by molar-refractivity contribution is -0.131. The molecule has 11 heteroatoms. The van der Waals surface area contributed by atoms with Gasteiger partial charge < -0.3 is 26.0 Å². The monoisotopic (exact) mass is 502 g/mol. The van der Waals surface area contributed by atoms with Crippen LogP contribution < -0.4 is 16.0 Å². The Morgan fingerprint density at radius 1 is 1.31 bits per heavy atom. The Morgan fingerprint density at radius 2 is 2.03 bits per heavy atom. The van der Waals surface area contributed by atoms with Crippen LogP contribution in [0.4, 0.5) is 11.6 Å². The maximum absolute atomic E-state index is 13.0. The topological polar surface area (TPSA) is 147 Å². The Labute approximate surface area is 210 Å². The molecule has 1 aliphatic carbocycles. The number of nitrogens with one attached hydrogen (secondary N) is 3. The van der Waals surface area contributed by atoms with E-state index in [1.165, 1.54) is 11.8 Å². The largest absolute Gasteiger partial charge is 0.391 e. The third kappa shape index (κ3) is 6.44. The average molecular weight is 503 g/mol. The smallest absolute Gasteiger partial charge is 0.240 e. The Balaban J connectivity index is 1.64. The minimum absolute atomic E-state index is 0.152. The van der Waals surface area contributed by atoms with Gasteiger partial charge in [0.2, 0.25) is 17.7 Å². The molecule has 1 saturated heterocycles. The fraction of sp³-hybridized carbons (Fsp3) is 0.625. The van der Waals surface area contributed by atoms with Gasteiger partial charge in [-0.3, -0.25) is 14.4 Å². The second-order valence-corrected chi connectivity index (χ2v) is 11.2. The standard InChI is InChI=1S/C24H34N6O4S/c1-5-30-21(33)17(13-26-18-10-7-11-19(28-18)29-23(34)24(2,3)4)35-22(30)14(12-25)20(32)27-15-8-6-9-16(15)31/h7,10-11,14-17,22,31H,5-6,8-9,13H2,1-4H3,(H,27,32)(H2,26,28,29,34)/t14?,15-,16-,17?,22?/m0/s1. The van der Waals surface area contributed by atoms with E-state index in [4.69, 9.17) is 0 Å². The van der Waals surface area contributed by atoms with Crippen molar-refractivity contribution in [2.75, 3.05) is 23.7 Å². The predicted molar refractivity (Wildman–Crippen MR) is 134 cm³/mol. The molecule has 1 aromatic heterocycles. The summed E-state index contributed by atoms with van der Waals surface area (Å²) in [4.78, 5) is 44.1. The van der Waals surface area contributed by atoms with Crippen molar-refractivity contribution in [1.29, 1.82) is 5.26 Å². The summed E-state index contributed by atoms with van der Waals surface area (Å²) in [6.07, 6.45) is 1.52. The van der Waals surface area contributed by atoms with Gasteiger partial charge in [-0.25, -0.2) is 4.98 Å². The van der Waals surface area contributed by atoms with Crippen LogP contribution in [-0.2, 0) is 14.4 Å². The molecule has 4 N–H and O–H groups in total. The van der Waals surface area contributed by atoms with Gasteiger partial charge in [-0.2, -0.15) is 5.26 Å². The van der Waals surface area contributed by atoms with Gasteiger partial charge in [0.15, 0.2) is 5.92 Å². The molecule has 3 rings (SSSR count). The third-order valence-electron chi connectivity index (χ3n) is 6.16. The van der Waals surface area contributed by atoms with Crippen LogP contribution in [0.25, 0.3) is 0 Å². The zero-order chi connectivity index (χ0) is 25.8. The fourth-order valence-corrected chi connectivity index (χ4v) is 5.59. The summed E-state index contributed by atoms with van der Waals surface area (Å²) < 4.78 is 0. The number of aliphatic hydroxyl groups excluding tert-OH is 1. The van der Waals surface area contributed by atoms with Crippen molar-refractivity contribution in [3.63, 3.8) is 0 Å². The van der Waals surface area contributed by atoms with E-state index in [0.29, 0.717) is 31.0 Å². The number of rotatable bonds is 8. The lowest BCUT2D eigenvalue weighted by atomic mass is 9.96. The molecule has 1 aromatic rings. The predicted octanol–water partition coefficient (Wildman–Crippen LogP) is 1.94. The minimum atomic E-state index is -1.05. The van der Waals surface area contributed by atoms with Gasteiger partial charge in [-0.15, -0.1) is 11.8 Å². The molecular weight excluding hydrogens is 468 g/mol. The quantitative estimate of drug-likeness (QED) is 0.422. The zero-order valence-electron chi connectivity index (χ0n) is 20.6. The number of hydrogen-bond acceptors (Lipinski definition) is 8. The van der Waals surface area contributed by atoms with E-state index in [0.717, 1.165) is 6.42 Å². The summed E-state index contributed by atoms with van der Waals surface area (Å²) in [6.45, 7) is 7.88. The summed E-state index contributed by atoms with van der Waals surface area (Å²) in [6, 6.07) is 6.90. The second kappa shape index (κ2) is 11.3. The molecule has 5 atom stereocenters. The number of anilines is 2. The van der Waals surface area contributed by atoms with Crippen LogP contribution in [0.1, 0.15) is 47.0 Å². The van der Waals surface area contributed by atoms with E-state index < -0.39 is 34.0 Å². The lowest BCUT2D eigenvalue weighted by Crippen LogP contribution is -2.48. The van der Waals surface area contributed by atoms with Crippen LogP contribution >= 0.6 is 11.8 Å². The number of aromatic nitrogens is 1. The van der Waals surface area contributed by atoms with Crippen LogP contribution in [0.15, 0.2) is 18.2 Å². The maximum atomic E-state index is 13.0. The number of aliphatic hydroxyl groups is 1. The first kappa shape index (κ1) is 26.8. The Kier molecular flexibility index (Phi) is 8.61. The molecule has 0 bridgehead atoms. The summed E-state index contributed by atoms with van der Waals surface area (Å²) in [5.41, 5.74) is -0.559. The summed E-state index contributed by atoms with van der Waals surface area (Å²) in [5, 5.41) is 27.4. The highest BCUT2D eigenvalue weighted by Crippen LogP contribution is 2.36. The van der Waals surface area contributed by atoms with E-state index in [-0.39, 0.29) is 24.4 Å². The number of pyridine rings is 1. The molecule has 2 aliphatic rings. The van der Waals surface area contributed by atoms with E-state index in [1.54, 1.807) is 23.1 Å². The van der Waals surface area contributed by atoms with Crippen molar-refractivity contribution < 1.29 is 19.5 Å². The van der Waals surface area contributed by atoms with Crippen LogP contribution in [0.5, 0.6) is 0 Å². The van der Waals surface area contributed by atoms with E-state index in [2.05, 4.69) is 27.0 Å². The fourth-order valence-electron chi connectivity index (χ4n) is 4.08. The zero-order valence-corrected chi connectivity index (χ0v) is 21.4. The van der Waals surface area contributed by atoms with E-state index >= 15 is 0 Å². The van der Waals surface area contributed by atoms with Gasteiger partial charge in [-0.1, -0.05) is 26.8 Å². The van der Waals surface area contributed by atoms with E-state index in [9.17, 15) is 24.8 Å². The summed E-state index contributed by atoms with van der Waals surface area (Å²) >= 11 is 1.28. The Morgan fingerprint density at radius 3 is 2.63 bits per heavy atom. The molecule has 3 amide bonds. The first-order chi connectivity index (χ1) is 16.5. The van der Waals surface area contributed by atoms with Gasteiger partial charge >= 0.3 is 0 Å². The number of nitriles is 1. The van der Waals surface area contributed by atoms with Gasteiger partial charge in [0.25, 0.3) is 0 Å². The van der Waals surface area contributed by atoms with Crippen molar-refractivity contribution in [2.24, 2.45) is 11.3 Å². The van der Waals surface area contributed by atoms with Gasteiger partial charge in [0, 0.05) is 18.5 Å². The van der Waals surface area contributed by atoms with Crippen molar-refractivity contribution in [2.45, 2.75) is 69.7 Å².